The molecule has 2 heteroatoms. The van der Waals surface area contributed by atoms with Crippen LogP contribution in [0.15, 0.2) is 18.2 Å². The quantitative estimate of drug-likeness (QED) is 0.776. The molecule has 1 rings (SSSR count). The molecule has 16 heavy (non-hydrogen) atoms. The minimum absolute atomic E-state index is 0.351. The molecule has 1 atom stereocenters. The van der Waals surface area contributed by atoms with Crippen LogP contribution in [-0.2, 0) is 10.3 Å². The normalized spacial score (nSPS) is 14.8. The van der Waals surface area contributed by atoms with Crippen LogP contribution in [-0.4, -0.2) is 18.3 Å². The smallest absolute Gasteiger partial charge is 0.110 e. The number of hydrogen-bond acceptors (Lipinski definition) is 2. The Bertz CT molecular complexity index is 343. The summed E-state index contributed by atoms with van der Waals surface area (Å²) in [6.07, 6.45) is 0.975. The van der Waals surface area contributed by atoms with Crippen molar-refractivity contribution >= 4 is 0 Å². The van der Waals surface area contributed by atoms with Crippen LogP contribution in [0, 0.1) is 13.8 Å². The lowest BCUT2D eigenvalue weighted by atomic mass is 9.94. The fourth-order valence-corrected chi connectivity index (χ4v) is 1.58. The van der Waals surface area contributed by atoms with Crippen LogP contribution in [0.3, 0.4) is 0 Å². The van der Waals surface area contributed by atoms with E-state index >= 15 is 0 Å². The van der Waals surface area contributed by atoms with E-state index in [1.54, 1.807) is 6.92 Å². The summed E-state index contributed by atoms with van der Waals surface area (Å²) >= 11 is 0. The molecule has 0 spiro atoms. The van der Waals surface area contributed by atoms with Gasteiger partial charge >= 0.3 is 0 Å². The van der Waals surface area contributed by atoms with Gasteiger partial charge in [-0.05, 0) is 43.9 Å². The maximum atomic E-state index is 10.3. The van der Waals surface area contributed by atoms with E-state index in [4.69, 9.17) is 4.74 Å². The van der Waals surface area contributed by atoms with Crippen molar-refractivity contribution in [1.29, 1.82) is 0 Å². The van der Waals surface area contributed by atoms with Crippen LogP contribution in [0.2, 0.25) is 0 Å². The van der Waals surface area contributed by atoms with Crippen molar-refractivity contribution in [3.8, 4) is 0 Å². The maximum absolute atomic E-state index is 10.3. The van der Waals surface area contributed by atoms with Crippen LogP contribution in [0.1, 0.15) is 37.0 Å². The Hall–Kier alpha value is -0.860. The maximum Gasteiger partial charge on any atom is 0.110 e. The molecular formula is C14H22O2. The molecule has 0 bridgehead atoms. The Balaban J connectivity index is 2.76. The van der Waals surface area contributed by atoms with E-state index in [-0.39, 0.29) is 0 Å². The van der Waals surface area contributed by atoms with Gasteiger partial charge in [-0.15, -0.1) is 0 Å². The van der Waals surface area contributed by atoms with Gasteiger partial charge in [-0.25, -0.2) is 0 Å². The average molecular weight is 222 g/mol. The molecule has 0 aromatic heterocycles. The Morgan fingerprint density at radius 3 is 2.50 bits per heavy atom. The molecule has 0 heterocycles. The molecule has 1 unspecified atom stereocenters. The number of ether oxygens (including phenoxy) is 1. The lowest BCUT2D eigenvalue weighted by Crippen LogP contribution is -2.28. The Morgan fingerprint density at radius 2 is 1.94 bits per heavy atom. The minimum atomic E-state index is -0.895. The zero-order valence-electron chi connectivity index (χ0n) is 10.7. The van der Waals surface area contributed by atoms with Crippen molar-refractivity contribution in [1.82, 2.24) is 0 Å². The largest absolute Gasteiger partial charge is 0.383 e. The van der Waals surface area contributed by atoms with Gasteiger partial charge in [-0.2, -0.15) is 0 Å². The molecule has 2 nitrogen and oxygen atoms in total. The Kier molecular flexibility index (Phi) is 4.51. The first-order chi connectivity index (χ1) is 7.47. The SMILES string of the molecule is CCCOCC(C)(O)c1ccc(C)c(C)c1. The van der Waals surface area contributed by atoms with Crippen LogP contribution in [0.5, 0.6) is 0 Å². The highest BCUT2D eigenvalue weighted by Crippen LogP contribution is 2.23. The van der Waals surface area contributed by atoms with E-state index in [1.807, 2.05) is 18.2 Å². The standard InChI is InChI=1S/C14H22O2/c1-5-8-16-10-14(4,15)13-7-6-11(2)12(3)9-13/h6-7,9,15H,5,8,10H2,1-4H3. The lowest BCUT2D eigenvalue weighted by Gasteiger charge is -2.24. The summed E-state index contributed by atoms with van der Waals surface area (Å²) in [6, 6.07) is 6.04. The average Bonchev–Trinajstić information content (AvgIpc) is 2.22. The third kappa shape index (κ3) is 3.32. The molecular weight excluding hydrogens is 200 g/mol. The minimum Gasteiger partial charge on any atom is -0.383 e. The topological polar surface area (TPSA) is 29.5 Å². The summed E-state index contributed by atoms with van der Waals surface area (Å²) in [7, 11) is 0. The second-order valence-electron chi connectivity index (χ2n) is 4.63. The highest BCUT2D eigenvalue weighted by Gasteiger charge is 2.23. The van der Waals surface area contributed by atoms with Crippen LogP contribution in [0.4, 0.5) is 0 Å². The molecule has 1 N–H and O–H groups in total. The summed E-state index contributed by atoms with van der Waals surface area (Å²) in [6.45, 7) is 9.03. The summed E-state index contributed by atoms with van der Waals surface area (Å²) in [4.78, 5) is 0. The number of benzene rings is 1. The van der Waals surface area contributed by atoms with Crippen molar-refractivity contribution < 1.29 is 9.84 Å². The molecule has 1 aromatic rings. The van der Waals surface area contributed by atoms with E-state index < -0.39 is 5.60 Å². The fraction of sp³-hybridized carbons (Fsp3) is 0.571. The number of aryl methyl sites for hydroxylation is 2. The van der Waals surface area contributed by atoms with E-state index in [1.165, 1.54) is 11.1 Å². The first kappa shape index (κ1) is 13.2. The highest BCUT2D eigenvalue weighted by atomic mass is 16.5. The molecule has 0 radical (unpaired) electrons. The summed E-state index contributed by atoms with van der Waals surface area (Å²) in [5.41, 5.74) is 2.47. The molecule has 0 aliphatic rings. The van der Waals surface area contributed by atoms with Gasteiger partial charge in [0.1, 0.15) is 5.60 Å². The van der Waals surface area contributed by atoms with E-state index in [0.29, 0.717) is 13.2 Å². The third-order valence-electron chi connectivity index (χ3n) is 2.86. The first-order valence-electron chi connectivity index (χ1n) is 5.85. The molecule has 0 aliphatic heterocycles. The van der Waals surface area contributed by atoms with Gasteiger partial charge in [0.15, 0.2) is 0 Å². The van der Waals surface area contributed by atoms with Crippen molar-refractivity contribution in [2.75, 3.05) is 13.2 Å². The molecule has 0 fully saturated rings. The highest BCUT2D eigenvalue weighted by molar-refractivity contribution is 5.32. The molecule has 0 amide bonds. The summed E-state index contributed by atoms with van der Waals surface area (Å²) in [5.74, 6) is 0. The second-order valence-corrected chi connectivity index (χ2v) is 4.63. The predicted molar refractivity (Wildman–Crippen MR) is 66.6 cm³/mol. The van der Waals surface area contributed by atoms with Crippen molar-refractivity contribution in [2.45, 2.75) is 39.7 Å². The summed E-state index contributed by atoms with van der Waals surface area (Å²) in [5, 5.41) is 10.3. The van der Waals surface area contributed by atoms with Crippen LogP contribution in [0.25, 0.3) is 0 Å². The van der Waals surface area contributed by atoms with Gasteiger partial charge in [-0.1, -0.05) is 25.1 Å². The molecule has 90 valence electrons. The Labute approximate surface area is 98.3 Å². The second kappa shape index (κ2) is 5.46. The monoisotopic (exact) mass is 222 g/mol. The van der Waals surface area contributed by atoms with E-state index in [0.717, 1.165) is 12.0 Å². The predicted octanol–water partition coefficient (Wildman–Crippen LogP) is 2.94. The van der Waals surface area contributed by atoms with Gasteiger partial charge in [0, 0.05) is 6.61 Å². The fourth-order valence-electron chi connectivity index (χ4n) is 1.58. The number of rotatable bonds is 5. The van der Waals surface area contributed by atoms with Gasteiger partial charge < -0.3 is 9.84 Å². The van der Waals surface area contributed by atoms with Gasteiger partial charge in [0.25, 0.3) is 0 Å². The first-order valence-corrected chi connectivity index (χ1v) is 5.85. The molecule has 0 saturated heterocycles. The van der Waals surface area contributed by atoms with Crippen LogP contribution >= 0.6 is 0 Å². The molecule has 0 aliphatic carbocycles. The van der Waals surface area contributed by atoms with Crippen molar-refractivity contribution in [3.05, 3.63) is 34.9 Å². The van der Waals surface area contributed by atoms with E-state index in [2.05, 4.69) is 20.8 Å². The zero-order chi connectivity index (χ0) is 12.2. The van der Waals surface area contributed by atoms with E-state index in [9.17, 15) is 5.11 Å². The summed E-state index contributed by atoms with van der Waals surface area (Å²) < 4.78 is 5.42. The molecule has 1 aromatic carbocycles. The van der Waals surface area contributed by atoms with Crippen LogP contribution < -0.4 is 0 Å². The van der Waals surface area contributed by atoms with Gasteiger partial charge in [0.05, 0.1) is 6.61 Å². The molecule has 0 saturated carbocycles. The Morgan fingerprint density at radius 1 is 1.25 bits per heavy atom. The third-order valence-corrected chi connectivity index (χ3v) is 2.86. The number of hydrogen-bond donors (Lipinski definition) is 1. The van der Waals surface area contributed by atoms with Crippen molar-refractivity contribution in [3.63, 3.8) is 0 Å². The van der Waals surface area contributed by atoms with Gasteiger partial charge in [-0.3, -0.25) is 0 Å². The lowest BCUT2D eigenvalue weighted by molar-refractivity contribution is -0.0375. The zero-order valence-corrected chi connectivity index (χ0v) is 10.7. The van der Waals surface area contributed by atoms with Gasteiger partial charge in [0.2, 0.25) is 0 Å². The van der Waals surface area contributed by atoms with Crippen molar-refractivity contribution in [2.24, 2.45) is 0 Å². The number of aliphatic hydroxyl groups is 1.